The van der Waals surface area contributed by atoms with Crippen LogP contribution in [0.4, 0.5) is 4.79 Å². The highest BCUT2D eigenvalue weighted by atomic mass is 16.6. The summed E-state index contributed by atoms with van der Waals surface area (Å²) in [5, 5.41) is 2.72. The van der Waals surface area contributed by atoms with Gasteiger partial charge in [-0.15, -0.1) is 0 Å². The Bertz CT molecular complexity index is 569. The average Bonchev–Trinajstić information content (AvgIpc) is 2.73. The van der Waals surface area contributed by atoms with Gasteiger partial charge in [0.1, 0.15) is 11.1 Å². The fourth-order valence-corrected chi connectivity index (χ4v) is 1.68. The molecule has 1 aromatic carbocycles. The lowest BCUT2D eigenvalue weighted by Crippen LogP contribution is -2.33. The largest absolute Gasteiger partial charge is 0.444 e. The van der Waals surface area contributed by atoms with Crippen LogP contribution in [0.1, 0.15) is 26.3 Å². The quantitative estimate of drug-likeness (QED) is 0.923. The van der Waals surface area contributed by atoms with E-state index in [1.54, 1.807) is 0 Å². The number of ether oxygens (including phenoxy) is 1. The number of nitrogens with one attached hydrogen (secondary N) is 1. The van der Waals surface area contributed by atoms with Crippen LogP contribution in [-0.4, -0.2) is 23.2 Å². The summed E-state index contributed by atoms with van der Waals surface area (Å²) in [7, 11) is 0. The van der Waals surface area contributed by atoms with E-state index in [4.69, 9.17) is 9.15 Å². The second-order valence-corrected chi connectivity index (χ2v) is 5.33. The molecular weight excluding hydrogens is 244 g/mol. The first-order valence-corrected chi connectivity index (χ1v) is 6.23. The van der Waals surface area contributed by atoms with Gasteiger partial charge in [-0.3, -0.25) is 0 Å². The number of rotatable bonds is 3. The Morgan fingerprint density at radius 1 is 1.42 bits per heavy atom. The van der Waals surface area contributed by atoms with Gasteiger partial charge in [0, 0.05) is 6.54 Å². The number of hydrogen-bond donors (Lipinski definition) is 1. The summed E-state index contributed by atoms with van der Waals surface area (Å²) < 4.78 is 10.4. The molecule has 0 atom stereocenters. The predicted octanol–water partition coefficient (Wildman–Crippen LogP) is 2.90. The van der Waals surface area contributed by atoms with Crippen LogP contribution >= 0.6 is 0 Å². The number of nitrogens with zero attached hydrogens (tertiary/aromatic N) is 1. The van der Waals surface area contributed by atoms with Crippen molar-refractivity contribution in [3.05, 3.63) is 30.2 Å². The fourth-order valence-electron chi connectivity index (χ4n) is 1.68. The Kier molecular flexibility index (Phi) is 3.74. The van der Waals surface area contributed by atoms with Crippen LogP contribution in [0.5, 0.6) is 0 Å². The van der Waals surface area contributed by atoms with E-state index in [2.05, 4.69) is 10.3 Å². The Labute approximate surface area is 112 Å². The summed E-state index contributed by atoms with van der Waals surface area (Å²) in [5.41, 5.74) is 2.21. The van der Waals surface area contributed by atoms with Gasteiger partial charge in [-0.1, -0.05) is 6.07 Å². The van der Waals surface area contributed by atoms with E-state index >= 15 is 0 Å². The molecule has 5 heteroatoms. The highest BCUT2D eigenvalue weighted by Crippen LogP contribution is 2.14. The molecule has 1 amide bonds. The summed E-state index contributed by atoms with van der Waals surface area (Å²) in [6, 6.07) is 5.81. The van der Waals surface area contributed by atoms with Crippen molar-refractivity contribution >= 4 is 17.2 Å². The van der Waals surface area contributed by atoms with Gasteiger partial charge in [-0.25, -0.2) is 9.78 Å². The normalized spacial score (nSPS) is 11.5. The Morgan fingerprint density at radius 3 is 2.95 bits per heavy atom. The molecule has 0 saturated carbocycles. The minimum atomic E-state index is -0.469. The topological polar surface area (TPSA) is 64.4 Å². The molecule has 1 heterocycles. The molecule has 1 aromatic heterocycles. The number of aromatic nitrogens is 1. The van der Waals surface area contributed by atoms with Gasteiger partial charge in [0.2, 0.25) is 0 Å². The van der Waals surface area contributed by atoms with Crippen molar-refractivity contribution in [2.24, 2.45) is 0 Å². The number of carbonyl (C=O) groups excluding carboxylic acids is 1. The molecule has 0 aliphatic carbocycles. The number of benzene rings is 1. The van der Waals surface area contributed by atoms with Crippen LogP contribution in [0.25, 0.3) is 11.1 Å². The first-order chi connectivity index (χ1) is 8.94. The van der Waals surface area contributed by atoms with Crippen molar-refractivity contribution in [1.29, 1.82) is 0 Å². The van der Waals surface area contributed by atoms with E-state index in [-0.39, 0.29) is 0 Å². The van der Waals surface area contributed by atoms with Crippen molar-refractivity contribution in [1.82, 2.24) is 10.3 Å². The Hall–Kier alpha value is -2.04. The molecule has 0 unspecified atom stereocenters. The van der Waals surface area contributed by atoms with Crippen molar-refractivity contribution in [2.75, 3.05) is 6.54 Å². The van der Waals surface area contributed by atoms with Crippen molar-refractivity contribution in [3.63, 3.8) is 0 Å². The first kappa shape index (κ1) is 13.4. The van der Waals surface area contributed by atoms with E-state index in [9.17, 15) is 4.79 Å². The maximum absolute atomic E-state index is 11.5. The highest BCUT2D eigenvalue weighted by Gasteiger charge is 2.15. The molecule has 19 heavy (non-hydrogen) atoms. The molecule has 2 rings (SSSR count). The van der Waals surface area contributed by atoms with Crippen molar-refractivity contribution in [2.45, 2.75) is 32.8 Å². The zero-order valence-corrected chi connectivity index (χ0v) is 11.4. The number of oxazole rings is 1. The minimum Gasteiger partial charge on any atom is -0.444 e. The molecule has 5 nitrogen and oxygen atoms in total. The fraction of sp³-hybridized carbons (Fsp3) is 0.429. The zero-order valence-electron chi connectivity index (χ0n) is 11.4. The number of carbonyl (C=O) groups is 1. The maximum Gasteiger partial charge on any atom is 0.407 e. The lowest BCUT2D eigenvalue weighted by atomic mass is 10.1. The molecule has 0 fully saturated rings. The number of hydrogen-bond acceptors (Lipinski definition) is 4. The molecule has 0 spiro atoms. The third-order valence-electron chi connectivity index (χ3n) is 2.48. The third kappa shape index (κ3) is 3.98. The van der Waals surface area contributed by atoms with Crippen LogP contribution in [0.15, 0.2) is 29.0 Å². The molecule has 0 saturated heterocycles. The number of alkyl carbamates (subject to hydrolysis) is 1. The molecule has 0 radical (unpaired) electrons. The monoisotopic (exact) mass is 262 g/mol. The van der Waals surface area contributed by atoms with Crippen molar-refractivity contribution in [3.8, 4) is 0 Å². The molecule has 2 aromatic rings. The van der Waals surface area contributed by atoms with E-state index < -0.39 is 11.7 Å². The van der Waals surface area contributed by atoms with E-state index in [0.29, 0.717) is 6.54 Å². The molecule has 102 valence electrons. The van der Waals surface area contributed by atoms with Gasteiger partial charge >= 0.3 is 6.09 Å². The second kappa shape index (κ2) is 5.30. The first-order valence-electron chi connectivity index (χ1n) is 6.23. The summed E-state index contributed by atoms with van der Waals surface area (Å²) in [6.07, 6.45) is 1.75. The molecular formula is C14H18N2O3. The van der Waals surface area contributed by atoms with E-state index in [1.807, 2.05) is 39.0 Å². The minimum absolute atomic E-state index is 0.395. The lowest BCUT2D eigenvalue weighted by molar-refractivity contribution is 0.0528. The van der Waals surface area contributed by atoms with Gasteiger partial charge in [0.05, 0.1) is 0 Å². The summed E-state index contributed by atoms with van der Waals surface area (Å²) in [6.45, 7) is 6.04. The lowest BCUT2D eigenvalue weighted by Gasteiger charge is -2.19. The standard InChI is InChI=1S/C14H18N2O3/c1-14(2,3)19-13(17)15-7-6-10-4-5-11-12(8-10)18-9-16-11/h4-5,8-9H,6-7H2,1-3H3,(H,15,17). The van der Waals surface area contributed by atoms with Crippen LogP contribution in [0.3, 0.4) is 0 Å². The van der Waals surface area contributed by atoms with Crippen molar-refractivity contribution < 1.29 is 13.9 Å². The maximum atomic E-state index is 11.5. The van der Waals surface area contributed by atoms with E-state index in [1.165, 1.54) is 6.39 Å². The van der Waals surface area contributed by atoms with Gasteiger partial charge in [0.25, 0.3) is 0 Å². The molecule has 1 N–H and O–H groups in total. The molecule has 0 aliphatic heterocycles. The summed E-state index contributed by atoms with van der Waals surface area (Å²) >= 11 is 0. The van der Waals surface area contributed by atoms with Crippen LogP contribution in [0.2, 0.25) is 0 Å². The average molecular weight is 262 g/mol. The predicted molar refractivity (Wildman–Crippen MR) is 71.9 cm³/mol. The number of amides is 1. The van der Waals surface area contributed by atoms with Gasteiger partial charge < -0.3 is 14.5 Å². The smallest absolute Gasteiger partial charge is 0.407 e. The number of fused-ring (bicyclic) bond motifs is 1. The van der Waals surface area contributed by atoms with Gasteiger partial charge in [0.15, 0.2) is 12.0 Å². The highest BCUT2D eigenvalue weighted by molar-refractivity contribution is 5.72. The van der Waals surface area contributed by atoms with Crippen LogP contribution < -0.4 is 5.32 Å². The summed E-state index contributed by atoms with van der Waals surface area (Å²) in [5.74, 6) is 0. The SMILES string of the molecule is CC(C)(C)OC(=O)NCCc1ccc2ncoc2c1. The van der Waals surface area contributed by atoms with E-state index in [0.717, 1.165) is 23.1 Å². The Morgan fingerprint density at radius 2 is 2.21 bits per heavy atom. The second-order valence-electron chi connectivity index (χ2n) is 5.33. The summed E-state index contributed by atoms with van der Waals surface area (Å²) in [4.78, 5) is 15.5. The molecule has 0 aliphatic rings. The van der Waals surface area contributed by atoms with Crippen LogP contribution in [0, 0.1) is 0 Å². The van der Waals surface area contributed by atoms with Gasteiger partial charge in [-0.05, 0) is 44.9 Å². The molecule has 0 bridgehead atoms. The third-order valence-corrected chi connectivity index (χ3v) is 2.48. The van der Waals surface area contributed by atoms with Gasteiger partial charge in [-0.2, -0.15) is 0 Å². The van der Waals surface area contributed by atoms with Crippen LogP contribution in [-0.2, 0) is 11.2 Å². The Balaban J connectivity index is 1.83. The zero-order chi connectivity index (χ0) is 13.9.